The molecule has 1 amide bonds. The minimum absolute atomic E-state index is 0.0224. The zero-order chi connectivity index (χ0) is 15.4. The fraction of sp³-hybridized carbons (Fsp3) is 0.444. The van der Waals surface area contributed by atoms with Crippen molar-refractivity contribution in [2.75, 3.05) is 13.1 Å². The van der Waals surface area contributed by atoms with Crippen LogP contribution in [-0.2, 0) is 6.42 Å². The molecule has 1 fully saturated rings. The second kappa shape index (κ2) is 6.77. The molecule has 1 unspecified atom stereocenters. The molecule has 22 heavy (non-hydrogen) atoms. The predicted octanol–water partition coefficient (Wildman–Crippen LogP) is 3.65. The van der Waals surface area contributed by atoms with Crippen molar-refractivity contribution in [2.24, 2.45) is 0 Å². The maximum absolute atomic E-state index is 12.4. The number of nitrogens with zero attached hydrogens (tertiary/aromatic N) is 2. The largest absolute Gasteiger partial charge is 0.351 e. The monoisotopic (exact) mass is 298 g/mol. The first-order chi connectivity index (χ1) is 10.7. The molecule has 0 aliphatic carbocycles. The molecule has 0 N–H and O–H groups in total. The lowest BCUT2D eigenvalue weighted by Gasteiger charge is -2.25. The Kier molecular flexibility index (Phi) is 4.56. The molecule has 4 nitrogen and oxygen atoms in total. The van der Waals surface area contributed by atoms with Crippen molar-refractivity contribution in [1.29, 1.82) is 0 Å². The number of carbonyl (C=O) groups excluding carboxylic acids is 1. The summed E-state index contributed by atoms with van der Waals surface area (Å²) in [5, 5.41) is 4.08. The summed E-state index contributed by atoms with van der Waals surface area (Å²) in [6, 6.07) is 12.1. The van der Waals surface area contributed by atoms with Gasteiger partial charge in [-0.2, -0.15) is 0 Å². The van der Waals surface area contributed by atoms with E-state index < -0.39 is 0 Å². The average molecular weight is 298 g/mol. The Morgan fingerprint density at radius 2 is 1.95 bits per heavy atom. The molecule has 1 aliphatic rings. The lowest BCUT2D eigenvalue weighted by Crippen LogP contribution is -2.35. The standard InChI is InChI=1S/C18H22N2O2/c1-14(15-8-4-2-5-9-15)12-16-13-17(22-19-16)18(21)20-10-6-3-7-11-20/h2,4-5,8-9,13-14H,3,6-7,10-12H2,1H3. The number of aromatic nitrogens is 1. The summed E-state index contributed by atoms with van der Waals surface area (Å²) in [5.41, 5.74) is 2.12. The second-order valence-electron chi connectivity index (χ2n) is 6.05. The van der Waals surface area contributed by atoms with Gasteiger partial charge in [0.2, 0.25) is 5.76 Å². The highest BCUT2D eigenvalue weighted by atomic mass is 16.5. The van der Waals surface area contributed by atoms with Crippen molar-refractivity contribution in [3.63, 3.8) is 0 Å². The fourth-order valence-corrected chi connectivity index (χ4v) is 2.97. The molecule has 1 saturated heterocycles. The Morgan fingerprint density at radius 3 is 2.68 bits per heavy atom. The summed E-state index contributed by atoms with van der Waals surface area (Å²) in [7, 11) is 0. The van der Waals surface area contributed by atoms with Crippen LogP contribution in [0.3, 0.4) is 0 Å². The molecule has 4 heteroatoms. The number of hydrogen-bond acceptors (Lipinski definition) is 3. The zero-order valence-corrected chi connectivity index (χ0v) is 13.0. The highest BCUT2D eigenvalue weighted by molar-refractivity contribution is 5.91. The molecule has 1 atom stereocenters. The van der Waals surface area contributed by atoms with Gasteiger partial charge >= 0.3 is 0 Å². The average Bonchev–Trinajstić information content (AvgIpc) is 3.04. The minimum Gasteiger partial charge on any atom is -0.351 e. The molecule has 0 bridgehead atoms. The van der Waals surface area contributed by atoms with Gasteiger partial charge in [0.1, 0.15) is 0 Å². The van der Waals surface area contributed by atoms with E-state index in [0.717, 1.165) is 38.0 Å². The summed E-state index contributed by atoms with van der Waals surface area (Å²) in [6.45, 7) is 3.82. The summed E-state index contributed by atoms with van der Waals surface area (Å²) in [6.07, 6.45) is 4.15. The van der Waals surface area contributed by atoms with Gasteiger partial charge in [-0.1, -0.05) is 42.4 Å². The van der Waals surface area contributed by atoms with E-state index in [9.17, 15) is 4.79 Å². The first-order valence-electron chi connectivity index (χ1n) is 8.04. The van der Waals surface area contributed by atoms with E-state index in [1.54, 1.807) is 6.07 Å². The normalized spacial score (nSPS) is 16.5. The van der Waals surface area contributed by atoms with Crippen LogP contribution in [-0.4, -0.2) is 29.1 Å². The quantitative estimate of drug-likeness (QED) is 0.865. The van der Waals surface area contributed by atoms with Crippen LogP contribution >= 0.6 is 0 Å². The van der Waals surface area contributed by atoms with Gasteiger partial charge in [-0.25, -0.2) is 0 Å². The van der Waals surface area contributed by atoms with Gasteiger partial charge in [-0.05, 0) is 37.2 Å². The number of hydrogen-bond donors (Lipinski definition) is 0. The molecule has 0 saturated carbocycles. The molecule has 3 rings (SSSR count). The van der Waals surface area contributed by atoms with E-state index in [1.807, 2.05) is 23.1 Å². The second-order valence-corrected chi connectivity index (χ2v) is 6.05. The Hall–Kier alpha value is -2.10. The number of carbonyl (C=O) groups is 1. The smallest absolute Gasteiger partial charge is 0.292 e. The molecule has 1 aromatic carbocycles. The Balaban J connectivity index is 1.64. The first kappa shape index (κ1) is 14.8. The summed E-state index contributed by atoms with van der Waals surface area (Å²) in [5.74, 6) is 0.701. The van der Waals surface area contributed by atoms with E-state index >= 15 is 0 Å². The number of benzene rings is 1. The van der Waals surface area contributed by atoms with Crippen LogP contribution in [0.1, 0.15) is 53.9 Å². The number of piperidine rings is 1. The summed E-state index contributed by atoms with van der Waals surface area (Å²) in [4.78, 5) is 14.2. The number of rotatable bonds is 4. The van der Waals surface area contributed by atoms with Gasteiger partial charge in [0, 0.05) is 19.2 Å². The topological polar surface area (TPSA) is 46.3 Å². The zero-order valence-electron chi connectivity index (χ0n) is 13.0. The van der Waals surface area contributed by atoms with Crippen LogP contribution in [0, 0.1) is 0 Å². The fourth-order valence-electron chi connectivity index (χ4n) is 2.97. The molecule has 2 heterocycles. The van der Waals surface area contributed by atoms with Gasteiger partial charge < -0.3 is 9.42 Å². The maximum Gasteiger partial charge on any atom is 0.292 e. The van der Waals surface area contributed by atoms with Crippen LogP contribution in [0.4, 0.5) is 0 Å². The van der Waals surface area contributed by atoms with E-state index in [0.29, 0.717) is 11.7 Å². The van der Waals surface area contributed by atoms with E-state index in [1.165, 1.54) is 12.0 Å². The Labute approximate surface area is 131 Å². The lowest BCUT2D eigenvalue weighted by atomic mass is 9.96. The Morgan fingerprint density at radius 1 is 1.23 bits per heavy atom. The van der Waals surface area contributed by atoms with E-state index in [4.69, 9.17) is 4.52 Å². The lowest BCUT2D eigenvalue weighted by molar-refractivity contribution is 0.0682. The van der Waals surface area contributed by atoms with Gasteiger partial charge in [0.05, 0.1) is 5.69 Å². The molecular formula is C18H22N2O2. The van der Waals surface area contributed by atoms with Crippen molar-refractivity contribution in [1.82, 2.24) is 10.1 Å². The van der Waals surface area contributed by atoms with Crippen LogP contribution in [0.15, 0.2) is 40.9 Å². The third kappa shape index (κ3) is 3.38. The number of likely N-dealkylation sites (tertiary alicyclic amines) is 1. The molecular weight excluding hydrogens is 276 g/mol. The highest BCUT2D eigenvalue weighted by Crippen LogP contribution is 2.21. The van der Waals surface area contributed by atoms with Crippen molar-refractivity contribution in [3.05, 3.63) is 53.4 Å². The number of amides is 1. The summed E-state index contributed by atoms with van der Waals surface area (Å²) < 4.78 is 5.28. The van der Waals surface area contributed by atoms with Gasteiger partial charge in [-0.3, -0.25) is 4.79 Å². The van der Waals surface area contributed by atoms with Gasteiger partial charge in [-0.15, -0.1) is 0 Å². The van der Waals surface area contributed by atoms with E-state index in [-0.39, 0.29) is 5.91 Å². The minimum atomic E-state index is -0.0224. The van der Waals surface area contributed by atoms with Crippen molar-refractivity contribution in [2.45, 2.75) is 38.5 Å². The van der Waals surface area contributed by atoms with Crippen molar-refractivity contribution >= 4 is 5.91 Å². The molecule has 0 radical (unpaired) electrons. The Bertz CT molecular complexity index is 615. The third-order valence-corrected chi connectivity index (χ3v) is 4.30. The van der Waals surface area contributed by atoms with Gasteiger partial charge in [0.25, 0.3) is 5.91 Å². The van der Waals surface area contributed by atoms with Crippen LogP contribution < -0.4 is 0 Å². The molecule has 0 spiro atoms. The van der Waals surface area contributed by atoms with Crippen LogP contribution in [0.25, 0.3) is 0 Å². The molecule has 1 aliphatic heterocycles. The van der Waals surface area contributed by atoms with Crippen LogP contribution in [0.2, 0.25) is 0 Å². The summed E-state index contributed by atoms with van der Waals surface area (Å²) >= 11 is 0. The first-order valence-corrected chi connectivity index (χ1v) is 8.04. The molecule has 2 aromatic rings. The molecule has 116 valence electrons. The maximum atomic E-state index is 12.4. The van der Waals surface area contributed by atoms with Gasteiger partial charge in [0.15, 0.2) is 0 Å². The highest BCUT2D eigenvalue weighted by Gasteiger charge is 2.22. The van der Waals surface area contributed by atoms with Crippen LogP contribution in [0.5, 0.6) is 0 Å². The third-order valence-electron chi connectivity index (χ3n) is 4.30. The van der Waals surface area contributed by atoms with E-state index in [2.05, 4.69) is 24.2 Å². The predicted molar refractivity (Wildman–Crippen MR) is 84.8 cm³/mol. The molecule has 1 aromatic heterocycles. The van der Waals surface area contributed by atoms with Crippen molar-refractivity contribution in [3.8, 4) is 0 Å². The van der Waals surface area contributed by atoms with Crippen molar-refractivity contribution < 1.29 is 9.32 Å². The SMILES string of the molecule is CC(Cc1cc(C(=O)N2CCCCC2)on1)c1ccccc1.